The van der Waals surface area contributed by atoms with Gasteiger partial charge in [0.2, 0.25) is 0 Å². The van der Waals surface area contributed by atoms with Gasteiger partial charge >= 0.3 is 6.09 Å². The van der Waals surface area contributed by atoms with E-state index < -0.39 is 6.09 Å². The second-order valence-electron chi connectivity index (χ2n) is 3.25. The summed E-state index contributed by atoms with van der Waals surface area (Å²) in [7, 11) is 0. The second kappa shape index (κ2) is 4.13. The lowest BCUT2D eigenvalue weighted by Crippen LogP contribution is -2.08. The van der Waals surface area contributed by atoms with E-state index in [1.54, 1.807) is 4.52 Å². The van der Waals surface area contributed by atoms with Crippen molar-refractivity contribution in [1.29, 1.82) is 0 Å². The monoisotopic (exact) mass is 283 g/mol. The molecular weight excluding hydrogens is 274 g/mol. The number of carbonyl (C=O) groups is 1. The minimum atomic E-state index is -1.08. The third-order valence-corrected chi connectivity index (χ3v) is 2.85. The molecule has 0 aliphatic carbocycles. The molecule has 0 radical (unpaired) electrons. The van der Waals surface area contributed by atoms with Gasteiger partial charge in [-0.1, -0.05) is 13.0 Å². The first-order valence-electron chi connectivity index (χ1n) is 4.79. The Morgan fingerprint density at radius 2 is 2.38 bits per heavy atom. The Hall–Kier alpha value is -1.56. The fourth-order valence-corrected chi connectivity index (χ4v) is 2.00. The predicted octanol–water partition coefficient (Wildman–Crippen LogP) is 2.75. The molecule has 5 nitrogen and oxygen atoms in total. The van der Waals surface area contributed by atoms with Crippen molar-refractivity contribution < 1.29 is 9.90 Å². The van der Waals surface area contributed by atoms with E-state index in [0.717, 1.165) is 15.8 Å². The largest absolute Gasteiger partial charge is 0.465 e. The highest BCUT2D eigenvalue weighted by Gasteiger charge is 2.14. The number of aromatic nitrogens is 2. The van der Waals surface area contributed by atoms with E-state index in [4.69, 9.17) is 5.11 Å². The van der Waals surface area contributed by atoms with Gasteiger partial charge in [0.05, 0.1) is 16.9 Å². The molecule has 2 aromatic rings. The van der Waals surface area contributed by atoms with E-state index >= 15 is 0 Å². The lowest BCUT2D eigenvalue weighted by atomic mass is 10.2. The number of fused-ring (bicyclic) bond motifs is 1. The van der Waals surface area contributed by atoms with Gasteiger partial charge in [0, 0.05) is 0 Å². The van der Waals surface area contributed by atoms with Crippen molar-refractivity contribution in [2.24, 2.45) is 0 Å². The first-order valence-corrected chi connectivity index (χ1v) is 5.59. The summed E-state index contributed by atoms with van der Waals surface area (Å²) in [4.78, 5) is 10.7. The number of aryl methyl sites for hydroxylation is 1. The van der Waals surface area contributed by atoms with Gasteiger partial charge in [0.1, 0.15) is 4.60 Å². The summed E-state index contributed by atoms with van der Waals surface area (Å²) in [5.74, 6) is 0. The third-order valence-electron chi connectivity index (χ3n) is 2.25. The number of nitrogens with one attached hydrogen (secondary N) is 1. The Morgan fingerprint density at radius 1 is 1.62 bits per heavy atom. The van der Waals surface area contributed by atoms with Crippen molar-refractivity contribution >= 4 is 33.2 Å². The highest BCUT2D eigenvalue weighted by atomic mass is 79.9. The van der Waals surface area contributed by atoms with Crippen LogP contribution >= 0.6 is 15.9 Å². The molecule has 0 saturated heterocycles. The summed E-state index contributed by atoms with van der Waals surface area (Å²) in [6.45, 7) is 1.93. The Morgan fingerprint density at radius 3 is 3.00 bits per heavy atom. The van der Waals surface area contributed by atoms with Crippen LogP contribution in [0.3, 0.4) is 0 Å². The van der Waals surface area contributed by atoms with Crippen LogP contribution in [-0.4, -0.2) is 20.8 Å². The average molecular weight is 284 g/mol. The van der Waals surface area contributed by atoms with Gasteiger partial charge < -0.3 is 5.11 Å². The van der Waals surface area contributed by atoms with E-state index in [9.17, 15) is 4.79 Å². The molecule has 0 spiro atoms. The number of nitrogens with zero attached hydrogens (tertiary/aromatic N) is 2. The first-order chi connectivity index (χ1) is 7.63. The van der Waals surface area contributed by atoms with Crippen LogP contribution < -0.4 is 5.32 Å². The Labute approximate surface area is 100 Å². The molecule has 0 fully saturated rings. The molecule has 0 aliphatic heterocycles. The third kappa shape index (κ3) is 1.76. The molecule has 0 unspecified atom stereocenters. The topological polar surface area (TPSA) is 66.6 Å². The summed E-state index contributed by atoms with van der Waals surface area (Å²) in [6, 6.07) is 5.51. The summed E-state index contributed by atoms with van der Waals surface area (Å²) in [6.07, 6.45) is -0.409. The van der Waals surface area contributed by atoms with Gasteiger partial charge in [0.25, 0.3) is 0 Å². The molecule has 2 rings (SSSR count). The van der Waals surface area contributed by atoms with Gasteiger partial charge in [-0.15, -0.1) is 0 Å². The average Bonchev–Trinajstić information content (AvgIpc) is 2.58. The molecule has 0 bridgehead atoms. The van der Waals surface area contributed by atoms with Crippen LogP contribution in [0.25, 0.3) is 5.52 Å². The van der Waals surface area contributed by atoms with Crippen molar-refractivity contribution in [3.8, 4) is 0 Å². The zero-order valence-electron chi connectivity index (χ0n) is 8.57. The van der Waals surface area contributed by atoms with Crippen molar-refractivity contribution in [3.05, 3.63) is 28.5 Å². The minimum Gasteiger partial charge on any atom is -0.465 e. The molecule has 16 heavy (non-hydrogen) atoms. The number of anilines is 1. The van der Waals surface area contributed by atoms with Crippen molar-refractivity contribution in [2.45, 2.75) is 13.3 Å². The van der Waals surface area contributed by atoms with Gasteiger partial charge in [-0.05, 0) is 34.5 Å². The molecule has 0 saturated carbocycles. The van der Waals surface area contributed by atoms with Gasteiger partial charge in [0.15, 0.2) is 0 Å². The Balaban J connectivity index is 2.68. The first kappa shape index (κ1) is 10.9. The number of carboxylic acid groups (broad SMARTS) is 1. The van der Waals surface area contributed by atoms with Crippen LogP contribution in [0.1, 0.15) is 12.6 Å². The van der Waals surface area contributed by atoms with Gasteiger partial charge in [-0.2, -0.15) is 5.10 Å². The fraction of sp³-hybridized carbons (Fsp3) is 0.200. The van der Waals surface area contributed by atoms with Crippen LogP contribution in [0.5, 0.6) is 0 Å². The highest BCUT2D eigenvalue weighted by Crippen LogP contribution is 2.25. The maximum Gasteiger partial charge on any atom is 0.409 e. The van der Waals surface area contributed by atoms with E-state index in [0.29, 0.717) is 12.1 Å². The molecule has 0 atom stereocenters. The maximum absolute atomic E-state index is 10.7. The predicted molar refractivity (Wildman–Crippen MR) is 63.9 cm³/mol. The highest BCUT2D eigenvalue weighted by molar-refractivity contribution is 9.10. The van der Waals surface area contributed by atoms with Crippen LogP contribution in [0.15, 0.2) is 22.8 Å². The van der Waals surface area contributed by atoms with E-state index in [2.05, 4.69) is 26.3 Å². The quantitative estimate of drug-likeness (QED) is 0.833. The molecule has 0 aliphatic rings. The summed E-state index contributed by atoms with van der Waals surface area (Å²) >= 11 is 3.37. The van der Waals surface area contributed by atoms with Crippen molar-refractivity contribution in [1.82, 2.24) is 9.61 Å². The van der Waals surface area contributed by atoms with Crippen LogP contribution in [0, 0.1) is 0 Å². The molecular formula is C10H10BrN3O2. The minimum absolute atomic E-state index is 0.552. The van der Waals surface area contributed by atoms with E-state index in [1.165, 1.54) is 0 Å². The SMILES string of the molecule is CCc1nn2c(Br)cccc2c1NC(=O)O. The fourth-order valence-electron chi connectivity index (χ4n) is 1.57. The molecule has 2 heterocycles. The number of halogens is 1. The number of rotatable bonds is 2. The zero-order valence-corrected chi connectivity index (χ0v) is 10.2. The number of pyridine rings is 1. The molecule has 1 amide bonds. The van der Waals surface area contributed by atoms with Crippen LogP contribution in [0.2, 0.25) is 0 Å². The van der Waals surface area contributed by atoms with Crippen LogP contribution in [0.4, 0.5) is 10.5 Å². The summed E-state index contributed by atoms with van der Waals surface area (Å²) < 4.78 is 2.46. The maximum atomic E-state index is 10.7. The zero-order chi connectivity index (χ0) is 11.7. The van der Waals surface area contributed by atoms with Crippen molar-refractivity contribution in [2.75, 3.05) is 5.32 Å². The lowest BCUT2D eigenvalue weighted by molar-refractivity contribution is 0.210. The molecule has 2 N–H and O–H groups in total. The van der Waals surface area contributed by atoms with Gasteiger partial charge in [-0.3, -0.25) is 5.32 Å². The smallest absolute Gasteiger partial charge is 0.409 e. The standard InChI is InChI=1S/C10H10BrN3O2/c1-2-6-9(12-10(15)16)7-4-3-5-8(11)14(7)13-6/h3-5,12H,2H2,1H3,(H,15,16). The van der Waals surface area contributed by atoms with Crippen molar-refractivity contribution in [3.63, 3.8) is 0 Å². The number of hydrogen-bond acceptors (Lipinski definition) is 2. The van der Waals surface area contributed by atoms with E-state index in [-0.39, 0.29) is 0 Å². The van der Waals surface area contributed by atoms with Gasteiger partial charge in [-0.25, -0.2) is 9.31 Å². The van der Waals surface area contributed by atoms with E-state index in [1.807, 2.05) is 25.1 Å². The molecule has 84 valence electrons. The molecule has 6 heteroatoms. The molecule has 2 aromatic heterocycles. The Kier molecular flexibility index (Phi) is 2.82. The summed E-state index contributed by atoms with van der Waals surface area (Å²) in [5.41, 5.74) is 2.03. The lowest BCUT2D eigenvalue weighted by Gasteiger charge is -2.00. The Bertz CT molecular complexity index is 550. The number of hydrogen-bond donors (Lipinski definition) is 2. The second-order valence-corrected chi connectivity index (χ2v) is 4.06. The molecule has 0 aromatic carbocycles. The summed E-state index contributed by atoms with van der Waals surface area (Å²) in [5, 5.41) is 15.5. The van der Waals surface area contributed by atoms with Crippen LogP contribution in [-0.2, 0) is 6.42 Å². The normalized spacial score (nSPS) is 10.6. The number of amides is 1.